The number of nitrogens with zero attached hydrogens (tertiary/aromatic N) is 2. The molecular formula is C18H18F4N4O2. The third-order valence-electron chi connectivity index (χ3n) is 5.02. The second-order valence-corrected chi connectivity index (χ2v) is 6.93. The number of fused-ring (bicyclic) bond motifs is 1. The molecule has 1 aromatic heterocycles. The summed E-state index contributed by atoms with van der Waals surface area (Å²) in [7, 11) is 0. The number of aromatic amines is 1. The first-order chi connectivity index (χ1) is 13.3. The van der Waals surface area contributed by atoms with Gasteiger partial charge in [0.05, 0.1) is 11.9 Å². The lowest BCUT2D eigenvalue weighted by atomic mass is 10.1. The van der Waals surface area contributed by atoms with Gasteiger partial charge in [-0.25, -0.2) is 9.49 Å². The maximum atomic E-state index is 14.5. The first-order valence-corrected chi connectivity index (χ1v) is 8.91. The summed E-state index contributed by atoms with van der Waals surface area (Å²) in [6.45, 7) is 1.74. The SMILES string of the molecule is O=c1[nH]ncc(N2Cc3cc(F)c(OC4CCNCC4)cc3C2)c1C(F)(F)F. The molecule has 1 aromatic carbocycles. The first kappa shape index (κ1) is 18.7. The van der Waals surface area contributed by atoms with Gasteiger partial charge < -0.3 is 15.0 Å². The van der Waals surface area contributed by atoms with Crippen molar-refractivity contribution in [3.63, 3.8) is 0 Å². The van der Waals surface area contributed by atoms with Crippen LogP contribution in [0, 0.1) is 5.82 Å². The van der Waals surface area contributed by atoms with Crippen LogP contribution in [0.4, 0.5) is 23.2 Å². The van der Waals surface area contributed by atoms with Gasteiger partial charge in [-0.1, -0.05) is 0 Å². The predicted molar refractivity (Wildman–Crippen MR) is 92.7 cm³/mol. The molecule has 1 fully saturated rings. The summed E-state index contributed by atoms with van der Waals surface area (Å²) in [6.07, 6.45) is -2.43. The van der Waals surface area contributed by atoms with Crippen molar-refractivity contribution in [1.82, 2.24) is 15.5 Å². The number of anilines is 1. The van der Waals surface area contributed by atoms with Crippen LogP contribution in [0.15, 0.2) is 23.1 Å². The summed E-state index contributed by atoms with van der Waals surface area (Å²) in [6, 6.07) is 2.83. The smallest absolute Gasteiger partial charge is 0.423 e. The third-order valence-corrected chi connectivity index (χ3v) is 5.02. The Kier molecular flexibility index (Phi) is 4.74. The van der Waals surface area contributed by atoms with Gasteiger partial charge in [0.2, 0.25) is 0 Å². The minimum Gasteiger partial charge on any atom is -0.487 e. The summed E-state index contributed by atoms with van der Waals surface area (Å²) >= 11 is 0. The van der Waals surface area contributed by atoms with Gasteiger partial charge in [0.25, 0.3) is 5.56 Å². The molecule has 2 aliphatic rings. The van der Waals surface area contributed by atoms with Crippen LogP contribution < -0.4 is 20.5 Å². The minimum atomic E-state index is -4.82. The molecule has 0 bridgehead atoms. The molecule has 6 nitrogen and oxygen atoms in total. The highest BCUT2D eigenvalue weighted by Crippen LogP contribution is 2.38. The molecule has 2 N–H and O–H groups in total. The number of halogens is 4. The fourth-order valence-electron chi connectivity index (χ4n) is 3.65. The lowest BCUT2D eigenvalue weighted by Gasteiger charge is -2.24. The van der Waals surface area contributed by atoms with Crippen LogP contribution in [-0.4, -0.2) is 29.4 Å². The van der Waals surface area contributed by atoms with E-state index in [1.807, 2.05) is 5.10 Å². The van der Waals surface area contributed by atoms with Crippen LogP contribution in [0.2, 0.25) is 0 Å². The van der Waals surface area contributed by atoms with Gasteiger partial charge in [0.1, 0.15) is 11.7 Å². The molecule has 10 heteroatoms. The molecule has 2 aromatic rings. The van der Waals surface area contributed by atoms with Crippen LogP contribution in [-0.2, 0) is 19.3 Å². The lowest BCUT2D eigenvalue weighted by molar-refractivity contribution is -0.138. The molecule has 150 valence electrons. The molecule has 0 amide bonds. The Hall–Kier alpha value is -2.62. The first-order valence-electron chi connectivity index (χ1n) is 8.91. The number of rotatable bonds is 3. The lowest BCUT2D eigenvalue weighted by Crippen LogP contribution is -2.34. The molecular weight excluding hydrogens is 380 g/mol. The van der Waals surface area contributed by atoms with Crippen molar-refractivity contribution < 1.29 is 22.3 Å². The number of H-pyrrole nitrogens is 1. The molecule has 0 unspecified atom stereocenters. The van der Waals surface area contributed by atoms with Crippen molar-refractivity contribution in [2.24, 2.45) is 0 Å². The maximum Gasteiger partial charge on any atom is 0.423 e. The van der Waals surface area contributed by atoms with E-state index in [1.54, 1.807) is 6.07 Å². The monoisotopic (exact) mass is 398 g/mol. The molecule has 28 heavy (non-hydrogen) atoms. The van der Waals surface area contributed by atoms with E-state index in [4.69, 9.17) is 4.74 Å². The summed E-state index contributed by atoms with van der Waals surface area (Å²) in [5, 5.41) is 8.51. The van der Waals surface area contributed by atoms with E-state index >= 15 is 0 Å². The Balaban J connectivity index is 1.61. The van der Waals surface area contributed by atoms with Gasteiger partial charge in [0.15, 0.2) is 11.6 Å². The minimum absolute atomic E-state index is 0.0497. The molecule has 2 aliphatic heterocycles. The van der Waals surface area contributed by atoms with E-state index in [1.165, 1.54) is 11.0 Å². The Morgan fingerprint density at radius 1 is 1.14 bits per heavy atom. The van der Waals surface area contributed by atoms with E-state index in [0.29, 0.717) is 11.1 Å². The highest BCUT2D eigenvalue weighted by molar-refractivity contribution is 5.57. The van der Waals surface area contributed by atoms with E-state index in [2.05, 4.69) is 10.4 Å². The van der Waals surface area contributed by atoms with Crippen molar-refractivity contribution in [2.45, 2.75) is 38.2 Å². The fourth-order valence-corrected chi connectivity index (χ4v) is 3.65. The zero-order valence-corrected chi connectivity index (χ0v) is 14.8. The standard InChI is InChI=1S/C18H18F4N4O2/c19-13-5-10-8-26(14-7-24-25-17(27)16(14)18(20,21)22)9-11(10)6-15(13)28-12-1-3-23-4-2-12/h5-7,12,23H,1-4,8-9H2,(H,25,27). The Morgan fingerprint density at radius 3 is 2.50 bits per heavy atom. The van der Waals surface area contributed by atoms with Gasteiger partial charge >= 0.3 is 6.18 Å². The predicted octanol–water partition coefficient (Wildman–Crippen LogP) is 2.58. The van der Waals surface area contributed by atoms with Crippen molar-refractivity contribution in [1.29, 1.82) is 0 Å². The quantitative estimate of drug-likeness (QED) is 0.778. The topological polar surface area (TPSA) is 70.2 Å². The second-order valence-electron chi connectivity index (χ2n) is 6.93. The number of benzene rings is 1. The van der Waals surface area contributed by atoms with E-state index < -0.39 is 23.1 Å². The van der Waals surface area contributed by atoms with Gasteiger partial charge in [-0.05, 0) is 49.2 Å². The fraction of sp³-hybridized carbons (Fsp3) is 0.444. The van der Waals surface area contributed by atoms with Gasteiger partial charge in [-0.3, -0.25) is 4.79 Å². The molecule has 1 saturated heterocycles. The van der Waals surface area contributed by atoms with Crippen LogP contribution in [0.1, 0.15) is 29.5 Å². The molecule has 0 saturated carbocycles. The van der Waals surface area contributed by atoms with Gasteiger partial charge in [-0.2, -0.15) is 18.3 Å². The van der Waals surface area contributed by atoms with Crippen molar-refractivity contribution in [3.05, 3.63) is 51.2 Å². The number of hydrogen-bond acceptors (Lipinski definition) is 5. The van der Waals surface area contributed by atoms with E-state index in [-0.39, 0.29) is 30.6 Å². The van der Waals surface area contributed by atoms with Gasteiger partial charge in [-0.15, -0.1) is 0 Å². The number of piperidine rings is 1. The van der Waals surface area contributed by atoms with Crippen molar-refractivity contribution in [3.8, 4) is 5.75 Å². The summed E-state index contributed by atoms with van der Waals surface area (Å²) < 4.78 is 60.2. The van der Waals surface area contributed by atoms with Crippen LogP contribution in [0.25, 0.3) is 0 Å². The van der Waals surface area contributed by atoms with Crippen LogP contribution in [0.3, 0.4) is 0 Å². The van der Waals surface area contributed by atoms with Crippen LogP contribution in [0.5, 0.6) is 5.75 Å². The van der Waals surface area contributed by atoms with Crippen molar-refractivity contribution in [2.75, 3.05) is 18.0 Å². The zero-order chi connectivity index (χ0) is 19.9. The van der Waals surface area contributed by atoms with Crippen LogP contribution >= 0.6 is 0 Å². The average molecular weight is 398 g/mol. The highest BCUT2D eigenvalue weighted by atomic mass is 19.4. The largest absolute Gasteiger partial charge is 0.487 e. The zero-order valence-electron chi connectivity index (χ0n) is 14.8. The Bertz CT molecular complexity index is 938. The number of hydrogen-bond donors (Lipinski definition) is 2. The maximum absolute atomic E-state index is 14.5. The molecule has 4 rings (SSSR count). The number of nitrogens with one attached hydrogen (secondary N) is 2. The average Bonchev–Trinajstić information content (AvgIpc) is 3.04. The molecule has 0 spiro atoms. The highest BCUT2D eigenvalue weighted by Gasteiger charge is 2.39. The number of aromatic nitrogens is 2. The number of ether oxygens (including phenoxy) is 1. The summed E-state index contributed by atoms with van der Waals surface area (Å²) in [5.74, 6) is -0.438. The van der Waals surface area contributed by atoms with E-state index in [9.17, 15) is 22.4 Å². The second kappa shape index (κ2) is 7.08. The van der Waals surface area contributed by atoms with Crippen molar-refractivity contribution >= 4 is 5.69 Å². The molecule has 0 radical (unpaired) electrons. The molecule has 3 heterocycles. The normalized spacial score (nSPS) is 17.6. The summed E-state index contributed by atoms with van der Waals surface area (Å²) in [5.41, 5.74) is -1.71. The van der Waals surface area contributed by atoms with E-state index in [0.717, 1.165) is 32.1 Å². The molecule has 0 atom stereocenters. The van der Waals surface area contributed by atoms with Gasteiger partial charge in [0, 0.05) is 13.1 Å². The number of alkyl halides is 3. The third kappa shape index (κ3) is 3.56. The summed E-state index contributed by atoms with van der Waals surface area (Å²) in [4.78, 5) is 13.1. The Morgan fingerprint density at radius 2 is 1.82 bits per heavy atom. The molecule has 0 aliphatic carbocycles. The Labute approximate surface area is 157 Å².